The van der Waals surface area contributed by atoms with Gasteiger partial charge in [0.2, 0.25) is 0 Å². The van der Waals surface area contributed by atoms with Gasteiger partial charge >= 0.3 is 0 Å². The standard InChI is InChI=1S/C17H18ClN5O2S/c18-15-4-1-10(7-20-15)12-2-3-13(22-12)16(25)23-14(5-6-19)17-21-11(8-24)9-26-17/h1-4,7,9,14,22,24H,5-6,8,19H2,(H,23,25). The third kappa shape index (κ3) is 4.28. The van der Waals surface area contributed by atoms with Gasteiger partial charge in [-0.05, 0) is 37.2 Å². The number of hydrogen-bond acceptors (Lipinski definition) is 6. The number of amides is 1. The molecule has 0 spiro atoms. The van der Waals surface area contributed by atoms with Crippen molar-refractivity contribution in [3.63, 3.8) is 0 Å². The molecule has 1 unspecified atom stereocenters. The molecule has 3 heterocycles. The van der Waals surface area contributed by atoms with E-state index in [2.05, 4.69) is 20.3 Å². The Morgan fingerprint density at radius 3 is 2.88 bits per heavy atom. The Bertz CT molecular complexity index is 877. The summed E-state index contributed by atoms with van der Waals surface area (Å²) in [6.45, 7) is 0.278. The first-order valence-electron chi connectivity index (χ1n) is 7.97. The lowest BCUT2D eigenvalue weighted by Crippen LogP contribution is -2.30. The molecule has 136 valence electrons. The number of thiazole rings is 1. The molecule has 7 nitrogen and oxygen atoms in total. The van der Waals surface area contributed by atoms with E-state index in [0.717, 1.165) is 16.3 Å². The highest BCUT2D eigenvalue weighted by Gasteiger charge is 2.19. The molecule has 3 aromatic heterocycles. The summed E-state index contributed by atoms with van der Waals surface area (Å²) in [7, 11) is 0. The maximum atomic E-state index is 12.6. The first kappa shape index (κ1) is 18.5. The molecule has 0 radical (unpaired) electrons. The second-order valence-electron chi connectivity index (χ2n) is 5.59. The topological polar surface area (TPSA) is 117 Å². The number of rotatable bonds is 7. The fourth-order valence-electron chi connectivity index (χ4n) is 2.45. The zero-order chi connectivity index (χ0) is 18.5. The monoisotopic (exact) mass is 391 g/mol. The number of aliphatic hydroxyl groups is 1. The molecular weight excluding hydrogens is 374 g/mol. The van der Waals surface area contributed by atoms with Gasteiger partial charge in [-0.15, -0.1) is 11.3 Å². The number of hydrogen-bond donors (Lipinski definition) is 4. The average Bonchev–Trinajstić information content (AvgIpc) is 3.31. The van der Waals surface area contributed by atoms with Crippen LogP contribution in [0.25, 0.3) is 11.3 Å². The lowest BCUT2D eigenvalue weighted by Gasteiger charge is -2.15. The van der Waals surface area contributed by atoms with Gasteiger partial charge in [0.1, 0.15) is 15.9 Å². The van der Waals surface area contributed by atoms with Crippen LogP contribution in [0.5, 0.6) is 0 Å². The summed E-state index contributed by atoms with van der Waals surface area (Å²) >= 11 is 7.19. The van der Waals surface area contributed by atoms with Crippen LogP contribution in [0.3, 0.4) is 0 Å². The van der Waals surface area contributed by atoms with Gasteiger partial charge in [0.15, 0.2) is 0 Å². The maximum absolute atomic E-state index is 12.6. The van der Waals surface area contributed by atoms with E-state index in [1.807, 2.05) is 12.1 Å². The molecule has 0 aliphatic heterocycles. The summed E-state index contributed by atoms with van der Waals surface area (Å²) in [5.41, 5.74) is 8.28. The van der Waals surface area contributed by atoms with Crippen molar-refractivity contribution in [1.29, 1.82) is 0 Å². The van der Waals surface area contributed by atoms with Crippen molar-refractivity contribution in [3.05, 3.63) is 57.4 Å². The lowest BCUT2D eigenvalue weighted by atomic mass is 10.2. The van der Waals surface area contributed by atoms with Crippen LogP contribution in [0, 0.1) is 0 Å². The number of aliphatic hydroxyl groups excluding tert-OH is 1. The summed E-state index contributed by atoms with van der Waals surface area (Å²) in [6, 6.07) is 6.73. The quantitative estimate of drug-likeness (QED) is 0.461. The van der Waals surface area contributed by atoms with Crippen molar-refractivity contribution in [2.45, 2.75) is 19.1 Å². The number of nitrogens with two attached hydrogens (primary N) is 1. The van der Waals surface area contributed by atoms with Gasteiger partial charge in [-0.2, -0.15) is 0 Å². The van der Waals surface area contributed by atoms with Gasteiger partial charge < -0.3 is 21.1 Å². The fraction of sp³-hybridized carbons (Fsp3) is 0.235. The van der Waals surface area contributed by atoms with E-state index >= 15 is 0 Å². The van der Waals surface area contributed by atoms with E-state index < -0.39 is 0 Å². The first-order chi connectivity index (χ1) is 12.6. The van der Waals surface area contributed by atoms with E-state index in [1.54, 1.807) is 23.7 Å². The van der Waals surface area contributed by atoms with E-state index in [0.29, 0.717) is 29.5 Å². The normalized spacial score (nSPS) is 12.1. The van der Waals surface area contributed by atoms with Gasteiger partial charge in [0.05, 0.1) is 18.3 Å². The highest BCUT2D eigenvalue weighted by Crippen LogP contribution is 2.23. The highest BCUT2D eigenvalue weighted by molar-refractivity contribution is 7.09. The van der Waals surface area contributed by atoms with Crippen LogP contribution in [0.1, 0.15) is 33.7 Å². The summed E-state index contributed by atoms with van der Waals surface area (Å²) < 4.78 is 0. The third-order valence-corrected chi connectivity index (χ3v) is 4.99. The van der Waals surface area contributed by atoms with Crippen LogP contribution in [0.2, 0.25) is 5.15 Å². The predicted octanol–water partition coefficient (Wildman–Crippen LogP) is 2.50. The number of carbonyl (C=O) groups excluding carboxylic acids is 1. The van der Waals surface area contributed by atoms with Gasteiger partial charge in [0, 0.05) is 22.8 Å². The van der Waals surface area contributed by atoms with Crippen LogP contribution in [-0.4, -0.2) is 32.5 Å². The minimum absolute atomic E-state index is 0.130. The molecule has 26 heavy (non-hydrogen) atoms. The van der Waals surface area contributed by atoms with Gasteiger partial charge in [-0.3, -0.25) is 4.79 Å². The number of nitrogens with one attached hydrogen (secondary N) is 2. The lowest BCUT2D eigenvalue weighted by molar-refractivity contribution is 0.0930. The molecule has 0 saturated carbocycles. The van der Waals surface area contributed by atoms with Crippen LogP contribution >= 0.6 is 22.9 Å². The van der Waals surface area contributed by atoms with Crippen molar-refractivity contribution >= 4 is 28.8 Å². The molecule has 9 heteroatoms. The Morgan fingerprint density at radius 2 is 2.23 bits per heavy atom. The van der Waals surface area contributed by atoms with Crippen LogP contribution in [-0.2, 0) is 6.61 Å². The molecule has 3 rings (SSSR count). The molecule has 1 amide bonds. The third-order valence-electron chi connectivity index (χ3n) is 3.76. The summed E-state index contributed by atoms with van der Waals surface area (Å²) in [5.74, 6) is -0.252. The number of aromatic amines is 1. The van der Waals surface area contributed by atoms with Crippen molar-refractivity contribution in [1.82, 2.24) is 20.3 Å². The Morgan fingerprint density at radius 1 is 1.38 bits per heavy atom. The van der Waals surface area contributed by atoms with E-state index in [9.17, 15) is 4.79 Å². The minimum Gasteiger partial charge on any atom is -0.390 e. The number of H-pyrrole nitrogens is 1. The first-order valence-corrected chi connectivity index (χ1v) is 9.23. The van der Waals surface area contributed by atoms with Crippen molar-refractivity contribution in [2.24, 2.45) is 5.73 Å². The van der Waals surface area contributed by atoms with E-state index in [-0.39, 0.29) is 18.6 Å². The zero-order valence-electron chi connectivity index (χ0n) is 13.8. The molecule has 1 atom stereocenters. The zero-order valence-corrected chi connectivity index (χ0v) is 15.3. The Balaban J connectivity index is 1.74. The number of pyridine rings is 1. The molecule has 5 N–H and O–H groups in total. The smallest absolute Gasteiger partial charge is 0.268 e. The second-order valence-corrected chi connectivity index (χ2v) is 6.87. The molecule has 0 aromatic carbocycles. The van der Waals surface area contributed by atoms with Crippen molar-refractivity contribution in [2.75, 3.05) is 6.54 Å². The van der Waals surface area contributed by atoms with Crippen LogP contribution in [0.4, 0.5) is 0 Å². The Labute approximate surface area is 159 Å². The number of aromatic nitrogens is 3. The largest absolute Gasteiger partial charge is 0.390 e. The second kappa shape index (κ2) is 8.41. The summed E-state index contributed by atoms with van der Waals surface area (Å²) in [6.07, 6.45) is 2.19. The molecular formula is C17H18ClN5O2S. The van der Waals surface area contributed by atoms with Gasteiger partial charge in [0.25, 0.3) is 5.91 Å². The molecule has 0 fully saturated rings. The molecule has 0 bridgehead atoms. The Hall–Kier alpha value is -2.26. The minimum atomic E-state index is -0.304. The predicted molar refractivity (Wildman–Crippen MR) is 101 cm³/mol. The van der Waals surface area contributed by atoms with Crippen molar-refractivity contribution < 1.29 is 9.90 Å². The fourth-order valence-corrected chi connectivity index (χ4v) is 3.45. The van der Waals surface area contributed by atoms with Crippen LogP contribution in [0.15, 0.2) is 35.8 Å². The molecule has 0 aliphatic carbocycles. The van der Waals surface area contributed by atoms with Gasteiger partial charge in [-0.25, -0.2) is 9.97 Å². The molecule has 0 aliphatic rings. The van der Waals surface area contributed by atoms with Gasteiger partial charge in [-0.1, -0.05) is 11.6 Å². The number of halogens is 1. The molecule has 0 saturated heterocycles. The maximum Gasteiger partial charge on any atom is 0.268 e. The van der Waals surface area contributed by atoms with E-state index in [4.69, 9.17) is 22.4 Å². The molecule has 3 aromatic rings. The Kier molecular flexibility index (Phi) is 6.00. The van der Waals surface area contributed by atoms with E-state index in [1.165, 1.54) is 11.3 Å². The van der Waals surface area contributed by atoms with Crippen molar-refractivity contribution in [3.8, 4) is 11.3 Å². The number of nitrogens with zero attached hydrogens (tertiary/aromatic N) is 2. The SMILES string of the molecule is NCCC(NC(=O)c1ccc(-c2ccc(Cl)nc2)[nH]1)c1nc(CO)cs1. The highest BCUT2D eigenvalue weighted by atomic mass is 35.5. The average molecular weight is 392 g/mol. The number of carbonyl (C=O) groups is 1. The van der Waals surface area contributed by atoms with Crippen LogP contribution < -0.4 is 11.1 Å². The summed E-state index contributed by atoms with van der Waals surface area (Å²) in [5, 5.41) is 15.0. The summed E-state index contributed by atoms with van der Waals surface area (Å²) in [4.78, 5) is 24.0.